The van der Waals surface area contributed by atoms with E-state index >= 15 is 0 Å². The van der Waals surface area contributed by atoms with Gasteiger partial charge in [0.2, 0.25) is 0 Å². The minimum absolute atomic E-state index is 0.00247. The van der Waals surface area contributed by atoms with Crippen molar-refractivity contribution in [1.82, 2.24) is 29.8 Å². The molecule has 39 heavy (non-hydrogen) atoms. The normalized spacial score (nSPS) is 16.7. The molecule has 2 saturated heterocycles. The summed E-state index contributed by atoms with van der Waals surface area (Å²) in [6, 6.07) is 16.7. The molecule has 3 amide bonds. The largest absolute Gasteiger partial charge is 0.379 e. The van der Waals surface area contributed by atoms with Gasteiger partial charge in [-0.05, 0) is 50.2 Å². The second-order valence-corrected chi connectivity index (χ2v) is 9.74. The van der Waals surface area contributed by atoms with E-state index in [4.69, 9.17) is 4.74 Å². The number of benzene rings is 2. The van der Waals surface area contributed by atoms with Crippen molar-refractivity contribution in [2.24, 2.45) is 0 Å². The molecule has 5 rings (SSSR count). The zero-order valence-corrected chi connectivity index (χ0v) is 22.4. The first-order valence-corrected chi connectivity index (χ1v) is 13.3. The van der Waals surface area contributed by atoms with Gasteiger partial charge in [0.1, 0.15) is 12.7 Å². The maximum Gasteiger partial charge on any atom is 0.351 e. The number of hydrogen-bond donors (Lipinski definition) is 0. The molecular weight excluding hydrogens is 496 g/mol. The Labute approximate surface area is 228 Å². The van der Waals surface area contributed by atoms with Crippen LogP contribution in [0.3, 0.4) is 0 Å². The molecule has 3 heterocycles. The van der Waals surface area contributed by atoms with Crippen LogP contribution in [-0.4, -0.2) is 100 Å². The minimum atomic E-state index is -0.349. The molecule has 2 aliphatic heterocycles. The lowest BCUT2D eigenvalue weighted by molar-refractivity contribution is 0.0357. The van der Waals surface area contributed by atoms with Crippen molar-refractivity contribution in [3.05, 3.63) is 72.8 Å². The Morgan fingerprint density at radius 3 is 2.05 bits per heavy atom. The van der Waals surface area contributed by atoms with Gasteiger partial charge in [-0.1, -0.05) is 18.2 Å². The van der Waals surface area contributed by atoms with E-state index in [-0.39, 0.29) is 17.9 Å². The molecule has 0 atom stereocenters. The molecule has 2 fully saturated rings. The van der Waals surface area contributed by atoms with E-state index in [0.29, 0.717) is 62.4 Å². The van der Waals surface area contributed by atoms with Gasteiger partial charge in [-0.3, -0.25) is 14.6 Å². The molecule has 0 spiro atoms. The maximum absolute atomic E-state index is 14.3. The summed E-state index contributed by atoms with van der Waals surface area (Å²) < 4.78 is 5.51. The van der Waals surface area contributed by atoms with Crippen molar-refractivity contribution in [3.8, 4) is 0 Å². The molecule has 2 aliphatic rings. The molecule has 1 aromatic heterocycles. The predicted octanol–water partition coefficient (Wildman–Crippen LogP) is 3.05. The number of amides is 3. The Bertz CT molecular complexity index is 1230. The van der Waals surface area contributed by atoms with Crippen LogP contribution in [0.1, 0.15) is 24.2 Å². The number of nitrogens with zero attached hydrogens (tertiary/aromatic N) is 8. The number of aromatic nitrogens is 3. The standard InChI is InChI=1S/C28H34N8O3/c1-22(2)32-12-14-33(15-13-32)26(37)23-8-10-25(11-9-23)35(24-6-4-3-5-7-24)28(38)36(27-30-20-29-21-31-27)34-16-18-39-19-17-34/h3-11,20-22H,12-19H2,1-2H3. The highest BCUT2D eigenvalue weighted by Gasteiger charge is 2.33. The minimum Gasteiger partial charge on any atom is -0.379 e. The number of carbonyl (C=O) groups excluding carboxylic acids is 2. The smallest absolute Gasteiger partial charge is 0.351 e. The fourth-order valence-electron chi connectivity index (χ4n) is 4.85. The number of urea groups is 1. The summed E-state index contributed by atoms with van der Waals surface area (Å²) in [5, 5.41) is 3.36. The van der Waals surface area contributed by atoms with Gasteiger partial charge in [-0.2, -0.15) is 15.0 Å². The number of para-hydroxylation sites is 1. The van der Waals surface area contributed by atoms with E-state index in [1.807, 2.05) is 52.4 Å². The Morgan fingerprint density at radius 1 is 0.821 bits per heavy atom. The molecule has 11 heteroatoms. The first-order chi connectivity index (χ1) is 19.0. The molecular formula is C28H34N8O3. The van der Waals surface area contributed by atoms with E-state index in [2.05, 4.69) is 33.7 Å². The molecule has 204 valence electrons. The second kappa shape index (κ2) is 12.3. The summed E-state index contributed by atoms with van der Waals surface area (Å²) in [4.78, 5) is 45.9. The molecule has 0 radical (unpaired) electrons. The predicted molar refractivity (Wildman–Crippen MR) is 148 cm³/mol. The van der Waals surface area contributed by atoms with E-state index in [1.54, 1.807) is 17.0 Å². The van der Waals surface area contributed by atoms with E-state index in [0.717, 1.165) is 13.1 Å². The molecule has 0 bridgehead atoms. The van der Waals surface area contributed by atoms with Crippen molar-refractivity contribution in [2.45, 2.75) is 19.9 Å². The Hall–Kier alpha value is -3.93. The first-order valence-electron chi connectivity index (χ1n) is 13.3. The summed E-state index contributed by atoms with van der Waals surface area (Å²) in [6.07, 6.45) is 2.74. The van der Waals surface area contributed by atoms with Crippen LogP contribution in [-0.2, 0) is 4.74 Å². The van der Waals surface area contributed by atoms with Crippen LogP contribution in [0.4, 0.5) is 22.1 Å². The number of rotatable bonds is 6. The third-order valence-electron chi connectivity index (χ3n) is 7.03. The Morgan fingerprint density at radius 2 is 1.44 bits per heavy atom. The number of piperazine rings is 1. The zero-order valence-electron chi connectivity index (χ0n) is 22.4. The number of hydrogen-bond acceptors (Lipinski definition) is 8. The number of hydrazine groups is 1. The molecule has 11 nitrogen and oxygen atoms in total. The van der Waals surface area contributed by atoms with Gasteiger partial charge in [0.15, 0.2) is 0 Å². The summed E-state index contributed by atoms with van der Waals surface area (Å²) in [5.41, 5.74) is 1.90. The molecule has 0 aliphatic carbocycles. The van der Waals surface area contributed by atoms with Crippen molar-refractivity contribution in [2.75, 3.05) is 62.4 Å². The lowest BCUT2D eigenvalue weighted by atomic mass is 10.1. The van der Waals surface area contributed by atoms with Crippen molar-refractivity contribution < 1.29 is 14.3 Å². The summed E-state index contributed by atoms with van der Waals surface area (Å²) >= 11 is 0. The van der Waals surface area contributed by atoms with Crippen molar-refractivity contribution in [1.29, 1.82) is 0 Å². The lowest BCUT2D eigenvalue weighted by Gasteiger charge is -2.38. The molecule has 2 aromatic carbocycles. The molecule has 0 unspecified atom stereocenters. The molecule has 3 aromatic rings. The van der Waals surface area contributed by atoms with Crippen LogP contribution in [0, 0.1) is 0 Å². The van der Waals surface area contributed by atoms with E-state index in [9.17, 15) is 9.59 Å². The summed E-state index contributed by atoms with van der Waals surface area (Å²) in [6.45, 7) is 9.49. The van der Waals surface area contributed by atoms with Gasteiger partial charge < -0.3 is 9.64 Å². The summed E-state index contributed by atoms with van der Waals surface area (Å²) in [5.74, 6) is 0.229. The SMILES string of the molecule is CC(C)N1CCN(C(=O)c2ccc(N(C(=O)N(c3ncncn3)N3CCOCC3)c3ccccc3)cc2)CC1. The maximum atomic E-state index is 14.3. The molecule has 0 saturated carbocycles. The number of ether oxygens (including phenoxy) is 1. The van der Waals surface area contributed by atoms with Crippen LogP contribution >= 0.6 is 0 Å². The third kappa shape index (κ3) is 6.06. The fourth-order valence-corrected chi connectivity index (χ4v) is 4.85. The van der Waals surface area contributed by atoms with E-state index in [1.165, 1.54) is 17.7 Å². The van der Waals surface area contributed by atoms with Crippen molar-refractivity contribution in [3.63, 3.8) is 0 Å². The van der Waals surface area contributed by atoms with Gasteiger partial charge in [0, 0.05) is 50.9 Å². The van der Waals surface area contributed by atoms with Crippen LogP contribution < -0.4 is 9.91 Å². The number of anilines is 3. The quantitative estimate of drug-likeness (QED) is 0.480. The third-order valence-corrected chi connectivity index (χ3v) is 7.03. The highest BCUT2D eigenvalue weighted by molar-refractivity contribution is 6.07. The van der Waals surface area contributed by atoms with Gasteiger partial charge in [0.25, 0.3) is 11.9 Å². The molecule has 0 N–H and O–H groups in total. The number of morpholine rings is 1. The van der Waals surface area contributed by atoms with E-state index < -0.39 is 0 Å². The highest BCUT2D eigenvalue weighted by atomic mass is 16.5. The zero-order chi connectivity index (χ0) is 27.2. The van der Waals surface area contributed by atoms with Gasteiger partial charge in [-0.25, -0.2) is 14.8 Å². The monoisotopic (exact) mass is 530 g/mol. The summed E-state index contributed by atoms with van der Waals surface area (Å²) in [7, 11) is 0. The second-order valence-electron chi connectivity index (χ2n) is 9.74. The highest BCUT2D eigenvalue weighted by Crippen LogP contribution is 2.29. The Balaban J connectivity index is 1.43. The van der Waals surface area contributed by atoms with Crippen LogP contribution in [0.2, 0.25) is 0 Å². The van der Waals surface area contributed by atoms with Gasteiger partial charge in [-0.15, -0.1) is 0 Å². The van der Waals surface area contributed by atoms with Gasteiger partial charge in [0.05, 0.1) is 24.6 Å². The number of carbonyl (C=O) groups is 2. The first kappa shape index (κ1) is 26.7. The van der Waals surface area contributed by atoms with Crippen molar-refractivity contribution >= 4 is 29.3 Å². The van der Waals surface area contributed by atoms with Crippen LogP contribution in [0.25, 0.3) is 0 Å². The van der Waals surface area contributed by atoms with Gasteiger partial charge >= 0.3 is 6.03 Å². The lowest BCUT2D eigenvalue weighted by Crippen LogP contribution is -2.56. The Kier molecular flexibility index (Phi) is 8.40. The topological polar surface area (TPSA) is 98.2 Å². The van der Waals surface area contributed by atoms with Crippen LogP contribution in [0.15, 0.2) is 67.3 Å². The average molecular weight is 531 g/mol. The van der Waals surface area contributed by atoms with Crippen LogP contribution in [0.5, 0.6) is 0 Å². The average Bonchev–Trinajstić information content (AvgIpc) is 2.99. The fraction of sp³-hybridized carbons (Fsp3) is 0.393.